The maximum absolute atomic E-state index is 13.1. The van der Waals surface area contributed by atoms with Gasteiger partial charge in [0.2, 0.25) is 11.8 Å². The summed E-state index contributed by atoms with van der Waals surface area (Å²) in [5, 5.41) is 0. The second kappa shape index (κ2) is 6.79. The molecule has 8 heteroatoms. The average molecular weight is 369 g/mol. The van der Waals surface area contributed by atoms with Gasteiger partial charge in [-0.1, -0.05) is 12.1 Å². The van der Waals surface area contributed by atoms with Crippen LogP contribution in [0.15, 0.2) is 47.1 Å². The van der Waals surface area contributed by atoms with Gasteiger partial charge < -0.3 is 24.7 Å². The van der Waals surface area contributed by atoms with Crippen molar-refractivity contribution in [1.29, 1.82) is 0 Å². The lowest BCUT2D eigenvalue weighted by molar-refractivity contribution is -0.129. The fraction of sp³-hybridized carbons (Fsp3) is 0.316. The van der Waals surface area contributed by atoms with E-state index in [9.17, 15) is 14.4 Å². The highest BCUT2D eigenvalue weighted by Gasteiger charge is 2.40. The molecule has 0 radical (unpaired) electrons. The molecule has 3 heterocycles. The molecule has 140 valence electrons. The minimum absolute atomic E-state index is 0.0358. The van der Waals surface area contributed by atoms with Crippen LogP contribution in [-0.2, 0) is 20.9 Å². The topological polar surface area (TPSA) is 106 Å². The number of ether oxygens (including phenoxy) is 1. The zero-order valence-electron chi connectivity index (χ0n) is 14.5. The van der Waals surface area contributed by atoms with Crippen molar-refractivity contribution in [2.45, 2.75) is 19.1 Å². The summed E-state index contributed by atoms with van der Waals surface area (Å²) in [6.45, 7) is 0.673. The van der Waals surface area contributed by atoms with E-state index in [-0.39, 0.29) is 24.8 Å². The lowest BCUT2D eigenvalue weighted by Gasteiger charge is -2.34. The molecule has 0 aliphatic carbocycles. The SMILES string of the molecule is NC(=O)[C@H]1CN(C(=O)[C@H]2CC(=O)N(Cc3ccco3)C2)c2ccccc2O1. The Morgan fingerprint density at radius 2 is 1.96 bits per heavy atom. The number of carbonyl (C=O) groups is 3. The molecule has 27 heavy (non-hydrogen) atoms. The Morgan fingerprint density at radius 1 is 1.15 bits per heavy atom. The molecule has 0 saturated carbocycles. The average Bonchev–Trinajstić information content (AvgIpc) is 3.30. The zero-order valence-corrected chi connectivity index (χ0v) is 14.5. The molecule has 2 aromatic rings. The van der Waals surface area contributed by atoms with E-state index >= 15 is 0 Å². The van der Waals surface area contributed by atoms with Gasteiger partial charge in [-0.15, -0.1) is 0 Å². The number of nitrogens with zero attached hydrogens (tertiary/aromatic N) is 2. The molecule has 1 saturated heterocycles. The summed E-state index contributed by atoms with van der Waals surface area (Å²) in [7, 11) is 0. The number of nitrogens with two attached hydrogens (primary N) is 1. The first-order chi connectivity index (χ1) is 13.0. The molecular weight excluding hydrogens is 350 g/mol. The summed E-state index contributed by atoms with van der Waals surface area (Å²) in [6, 6.07) is 10.5. The highest BCUT2D eigenvalue weighted by atomic mass is 16.5. The summed E-state index contributed by atoms with van der Waals surface area (Å²) >= 11 is 0. The molecule has 8 nitrogen and oxygen atoms in total. The molecule has 3 amide bonds. The fourth-order valence-corrected chi connectivity index (χ4v) is 3.49. The van der Waals surface area contributed by atoms with Gasteiger partial charge in [0.15, 0.2) is 6.10 Å². The minimum Gasteiger partial charge on any atom is -0.477 e. The first-order valence-electron chi connectivity index (χ1n) is 8.69. The van der Waals surface area contributed by atoms with Crippen molar-refractivity contribution in [1.82, 2.24) is 4.90 Å². The third-order valence-electron chi connectivity index (χ3n) is 4.85. The van der Waals surface area contributed by atoms with E-state index in [1.807, 2.05) is 0 Å². The second-order valence-corrected chi connectivity index (χ2v) is 6.68. The Hall–Kier alpha value is -3.29. The van der Waals surface area contributed by atoms with Crippen molar-refractivity contribution >= 4 is 23.4 Å². The third kappa shape index (κ3) is 3.25. The zero-order chi connectivity index (χ0) is 19.0. The summed E-state index contributed by atoms with van der Waals surface area (Å²) in [4.78, 5) is 40.2. The van der Waals surface area contributed by atoms with Gasteiger partial charge in [-0.05, 0) is 24.3 Å². The van der Waals surface area contributed by atoms with E-state index in [4.69, 9.17) is 14.9 Å². The van der Waals surface area contributed by atoms with Crippen molar-refractivity contribution in [3.05, 3.63) is 48.4 Å². The number of carbonyl (C=O) groups excluding carboxylic acids is 3. The summed E-state index contributed by atoms with van der Waals surface area (Å²) in [6.07, 6.45) is 0.758. The molecule has 1 fully saturated rings. The number of rotatable bonds is 4. The first-order valence-corrected chi connectivity index (χ1v) is 8.69. The largest absolute Gasteiger partial charge is 0.477 e. The summed E-state index contributed by atoms with van der Waals surface area (Å²) in [5.41, 5.74) is 5.97. The number of furan rings is 1. The van der Waals surface area contributed by atoms with E-state index in [1.165, 1.54) is 4.90 Å². The number of hydrogen-bond acceptors (Lipinski definition) is 5. The van der Waals surface area contributed by atoms with Crippen molar-refractivity contribution < 1.29 is 23.5 Å². The van der Waals surface area contributed by atoms with Crippen LogP contribution >= 0.6 is 0 Å². The van der Waals surface area contributed by atoms with Crippen LogP contribution in [0.1, 0.15) is 12.2 Å². The predicted octanol–water partition coefficient (Wildman–Crippen LogP) is 0.908. The van der Waals surface area contributed by atoms with Crippen molar-refractivity contribution in [2.75, 3.05) is 18.0 Å². The number of hydrogen-bond donors (Lipinski definition) is 1. The number of amides is 3. The van der Waals surface area contributed by atoms with Crippen molar-refractivity contribution in [3.63, 3.8) is 0 Å². The highest BCUT2D eigenvalue weighted by Crippen LogP contribution is 2.35. The smallest absolute Gasteiger partial charge is 0.260 e. The Bertz CT molecular complexity index is 879. The maximum Gasteiger partial charge on any atom is 0.260 e. The predicted molar refractivity (Wildman–Crippen MR) is 94.6 cm³/mol. The van der Waals surface area contributed by atoms with Crippen LogP contribution in [0.4, 0.5) is 5.69 Å². The van der Waals surface area contributed by atoms with Crippen molar-refractivity contribution in [3.8, 4) is 5.75 Å². The number of primary amides is 1. The maximum atomic E-state index is 13.1. The van der Waals surface area contributed by atoms with Gasteiger partial charge in [-0.2, -0.15) is 0 Å². The molecule has 0 unspecified atom stereocenters. The molecular formula is C19H19N3O5. The van der Waals surface area contributed by atoms with Gasteiger partial charge in [-0.25, -0.2) is 0 Å². The quantitative estimate of drug-likeness (QED) is 0.862. The van der Waals surface area contributed by atoms with Crippen LogP contribution in [0.3, 0.4) is 0 Å². The first kappa shape index (κ1) is 17.1. The number of para-hydroxylation sites is 2. The van der Waals surface area contributed by atoms with E-state index in [2.05, 4.69) is 0 Å². The molecule has 4 rings (SSSR count). The van der Waals surface area contributed by atoms with Crippen LogP contribution in [0, 0.1) is 5.92 Å². The van der Waals surface area contributed by atoms with Gasteiger partial charge in [0.25, 0.3) is 5.91 Å². The van der Waals surface area contributed by atoms with E-state index in [0.717, 1.165) is 0 Å². The Kier molecular flexibility index (Phi) is 4.31. The number of anilines is 1. The lowest BCUT2D eigenvalue weighted by atomic mass is 10.0. The van der Waals surface area contributed by atoms with Gasteiger partial charge in [0, 0.05) is 13.0 Å². The standard InChI is InChI=1S/C19H19N3O5/c20-18(24)16-11-22(14-5-1-2-6-15(14)27-16)19(25)12-8-17(23)21(9-12)10-13-4-3-7-26-13/h1-7,12,16H,8-11H2,(H2,20,24)/t12-,16+/m0/s1. The monoisotopic (exact) mass is 369 g/mol. The molecule has 2 aliphatic rings. The summed E-state index contributed by atoms with van der Waals surface area (Å²) < 4.78 is 10.9. The van der Waals surface area contributed by atoms with Gasteiger partial charge >= 0.3 is 0 Å². The molecule has 2 atom stereocenters. The lowest BCUT2D eigenvalue weighted by Crippen LogP contribution is -2.51. The van der Waals surface area contributed by atoms with Gasteiger partial charge in [0.05, 0.1) is 31.0 Å². The molecule has 0 bridgehead atoms. The van der Waals surface area contributed by atoms with E-state index in [0.29, 0.717) is 30.3 Å². The van der Waals surface area contributed by atoms with Crippen LogP contribution < -0.4 is 15.4 Å². The van der Waals surface area contributed by atoms with E-state index in [1.54, 1.807) is 47.6 Å². The molecule has 2 N–H and O–H groups in total. The molecule has 0 spiro atoms. The van der Waals surface area contributed by atoms with Crippen LogP contribution in [0.25, 0.3) is 0 Å². The van der Waals surface area contributed by atoms with Gasteiger partial charge in [-0.3, -0.25) is 14.4 Å². The van der Waals surface area contributed by atoms with Crippen LogP contribution in [0.5, 0.6) is 5.75 Å². The number of benzene rings is 1. The molecule has 1 aromatic heterocycles. The Labute approximate surface area is 155 Å². The summed E-state index contributed by atoms with van der Waals surface area (Å²) in [5.74, 6) is -0.346. The fourth-order valence-electron chi connectivity index (χ4n) is 3.49. The van der Waals surface area contributed by atoms with E-state index < -0.39 is 17.9 Å². The van der Waals surface area contributed by atoms with Gasteiger partial charge in [0.1, 0.15) is 11.5 Å². The van der Waals surface area contributed by atoms with Crippen LogP contribution in [-0.4, -0.2) is 41.8 Å². The normalized spacial score (nSPS) is 21.7. The molecule has 1 aromatic carbocycles. The van der Waals surface area contributed by atoms with Crippen LogP contribution in [0.2, 0.25) is 0 Å². The molecule has 2 aliphatic heterocycles. The number of fused-ring (bicyclic) bond motifs is 1. The van der Waals surface area contributed by atoms with Crippen molar-refractivity contribution in [2.24, 2.45) is 11.7 Å². The second-order valence-electron chi connectivity index (χ2n) is 6.68. The number of likely N-dealkylation sites (tertiary alicyclic amines) is 1. The minimum atomic E-state index is -0.917. The Morgan fingerprint density at radius 3 is 2.70 bits per heavy atom. The highest BCUT2D eigenvalue weighted by molar-refractivity contribution is 6.01. The Balaban J connectivity index is 1.53. The third-order valence-corrected chi connectivity index (χ3v) is 4.85.